The van der Waals surface area contributed by atoms with Crippen LogP contribution < -0.4 is 11.5 Å². The Morgan fingerprint density at radius 1 is 1.42 bits per heavy atom. The quantitative estimate of drug-likeness (QED) is 0.516. The fourth-order valence-corrected chi connectivity index (χ4v) is 1.75. The topological polar surface area (TPSA) is 89.3 Å². The van der Waals surface area contributed by atoms with Crippen molar-refractivity contribution >= 4 is 5.97 Å². The van der Waals surface area contributed by atoms with Gasteiger partial charge in [-0.3, -0.25) is 4.79 Å². The molecular formula is C8H16N2O2. The molecule has 2 unspecified atom stereocenters. The fourth-order valence-electron chi connectivity index (χ4n) is 1.75. The summed E-state index contributed by atoms with van der Waals surface area (Å²) in [5.74, 6) is -0.873. The molecule has 1 aliphatic carbocycles. The Morgan fingerprint density at radius 3 is 2.08 bits per heavy atom. The maximum atomic E-state index is 10.9. The number of nitrogens with two attached hydrogens (primary N) is 2. The van der Waals surface area contributed by atoms with Crippen LogP contribution in [0.15, 0.2) is 0 Å². The molecule has 0 heterocycles. The first-order valence-electron chi connectivity index (χ1n) is 4.24. The van der Waals surface area contributed by atoms with E-state index in [1.807, 2.05) is 0 Å². The molecule has 12 heavy (non-hydrogen) atoms. The Balaban J connectivity index is 2.87. The first kappa shape index (κ1) is 9.48. The largest absolute Gasteiger partial charge is 0.481 e. The van der Waals surface area contributed by atoms with E-state index in [4.69, 9.17) is 16.6 Å². The number of hydrogen-bond acceptors (Lipinski definition) is 3. The number of carbonyl (C=O) groups is 1. The lowest BCUT2D eigenvalue weighted by molar-refractivity contribution is -0.152. The number of carboxylic acid groups (broad SMARTS) is 1. The van der Waals surface area contributed by atoms with Crippen molar-refractivity contribution < 1.29 is 9.90 Å². The Morgan fingerprint density at radius 2 is 1.83 bits per heavy atom. The van der Waals surface area contributed by atoms with Crippen LogP contribution in [0.2, 0.25) is 0 Å². The number of hydrogen-bond donors (Lipinski definition) is 3. The van der Waals surface area contributed by atoms with Gasteiger partial charge in [-0.1, -0.05) is 6.42 Å². The molecule has 0 aromatic heterocycles. The van der Waals surface area contributed by atoms with Gasteiger partial charge in [0.05, 0.1) is 5.41 Å². The average molecular weight is 172 g/mol. The SMILES string of the molecule is CC1(C(=O)O)C(N)CCCC1N. The molecule has 0 bridgehead atoms. The van der Waals surface area contributed by atoms with Gasteiger partial charge in [0.25, 0.3) is 0 Å². The Kier molecular flexibility index (Phi) is 2.39. The van der Waals surface area contributed by atoms with Crippen LogP contribution in [0.4, 0.5) is 0 Å². The predicted octanol–water partition coefficient (Wildman–Crippen LogP) is -0.0842. The zero-order valence-corrected chi connectivity index (χ0v) is 7.29. The Bertz CT molecular complexity index is 183. The lowest BCUT2D eigenvalue weighted by Gasteiger charge is -2.40. The summed E-state index contributed by atoms with van der Waals surface area (Å²) < 4.78 is 0. The summed E-state index contributed by atoms with van der Waals surface area (Å²) in [6, 6.07) is -0.613. The molecule has 0 aromatic carbocycles. The Hall–Kier alpha value is -0.610. The highest BCUT2D eigenvalue weighted by Gasteiger charge is 2.46. The lowest BCUT2D eigenvalue weighted by Crippen LogP contribution is -2.58. The summed E-state index contributed by atoms with van der Waals surface area (Å²) in [5.41, 5.74) is 10.6. The smallest absolute Gasteiger partial charge is 0.312 e. The molecule has 2 atom stereocenters. The van der Waals surface area contributed by atoms with E-state index in [-0.39, 0.29) is 12.1 Å². The van der Waals surface area contributed by atoms with E-state index in [2.05, 4.69) is 0 Å². The van der Waals surface area contributed by atoms with Gasteiger partial charge in [-0.05, 0) is 19.8 Å². The summed E-state index contributed by atoms with van der Waals surface area (Å²) in [6.45, 7) is 1.64. The molecular weight excluding hydrogens is 156 g/mol. The molecule has 0 spiro atoms. The predicted molar refractivity (Wildman–Crippen MR) is 45.5 cm³/mol. The minimum absolute atomic E-state index is 0.307. The molecule has 70 valence electrons. The van der Waals surface area contributed by atoms with E-state index in [1.165, 1.54) is 0 Å². The van der Waals surface area contributed by atoms with Crippen LogP contribution in [-0.4, -0.2) is 23.2 Å². The molecule has 0 saturated heterocycles. The second-order valence-corrected chi connectivity index (χ2v) is 3.73. The monoisotopic (exact) mass is 172 g/mol. The minimum Gasteiger partial charge on any atom is -0.481 e. The standard InChI is InChI=1S/C8H16N2O2/c1-8(7(11)12)5(9)3-2-4-6(8)10/h5-6H,2-4,9-10H2,1H3,(H,11,12). The number of carboxylic acids is 1. The van der Waals surface area contributed by atoms with Gasteiger partial charge in [0.1, 0.15) is 0 Å². The molecule has 1 rings (SSSR count). The lowest BCUT2D eigenvalue weighted by atomic mass is 9.69. The van der Waals surface area contributed by atoms with Gasteiger partial charge < -0.3 is 16.6 Å². The van der Waals surface area contributed by atoms with Crippen molar-refractivity contribution in [2.24, 2.45) is 16.9 Å². The zero-order valence-electron chi connectivity index (χ0n) is 7.29. The first-order valence-corrected chi connectivity index (χ1v) is 4.24. The van der Waals surface area contributed by atoms with E-state index in [0.717, 1.165) is 19.3 Å². The maximum absolute atomic E-state index is 10.9. The van der Waals surface area contributed by atoms with Crippen LogP contribution in [0.1, 0.15) is 26.2 Å². The third kappa shape index (κ3) is 1.21. The number of rotatable bonds is 1. The molecule has 1 aliphatic rings. The van der Waals surface area contributed by atoms with Crippen LogP contribution in [0.25, 0.3) is 0 Å². The normalized spacial score (nSPS) is 42.6. The van der Waals surface area contributed by atoms with Crippen molar-refractivity contribution in [2.45, 2.75) is 38.3 Å². The third-order valence-electron chi connectivity index (χ3n) is 3.03. The van der Waals surface area contributed by atoms with Crippen molar-refractivity contribution in [1.29, 1.82) is 0 Å². The Labute approximate surface area is 71.9 Å². The summed E-state index contributed by atoms with van der Waals surface area (Å²) in [5, 5.41) is 8.98. The van der Waals surface area contributed by atoms with Crippen LogP contribution >= 0.6 is 0 Å². The van der Waals surface area contributed by atoms with Crippen molar-refractivity contribution in [3.05, 3.63) is 0 Å². The number of aliphatic carboxylic acids is 1. The van der Waals surface area contributed by atoms with Crippen LogP contribution in [-0.2, 0) is 4.79 Å². The molecule has 1 fully saturated rings. The molecule has 0 radical (unpaired) electrons. The molecule has 0 amide bonds. The van der Waals surface area contributed by atoms with Crippen molar-refractivity contribution in [3.63, 3.8) is 0 Å². The van der Waals surface area contributed by atoms with E-state index in [1.54, 1.807) is 6.92 Å². The summed E-state index contributed by atoms with van der Waals surface area (Å²) in [7, 11) is 0. The van der Waals surface area contributed by atoms with Gasteiger partial charge in [-0.15, -0.1) is 0 Å². The van der Waals surface area contributed by atoms with E-state index >= 15 is 0 Å². The van der Waals surface area contributed by atoms with Crippen LogP contribution in [0, 0.1) is 5.41 Å². The van der Waals surface area contributed by atoms with Crippen LogP contribution in [0.5, 0.6) is 0 Å². The molecule has 0 aliphatic heterocycles. The highest BCUT2D eigenvalue weighted by atomic mass is 16.4. The van der Waals surface area contributed by atoms with Crippen LogP contribution in [0.3, 0.4) is 0 Å². The molecule has 5 N–H and O–H groups in total. The van der Waals surface area contributed by atoms with Crippen molar-refractivity contribution in [1.82, 2.24) is 0 Å². The highest BCUT2D eigenvalue weighted by Crippen LogP contribution is 2.34. The molecule has 4 nitrogen and oxygen atoms in total. The van der Waals surface area contributed by atoms with Gasteiger partial charge >= 0.3 is 5.97 Å². The second kappa shape index (κ2) is 3.03. The van der Waals surface area contributed by atoms with Crippen molar-refractivity contribution in [2.75, 3.05) is 0 Å². The zero-order chi connectivity index (χ0) is 9.35. The molecule has 1 saturated carbocycles. The van der Waals surface area contributed by atoms with Gasteiger partial charge in [-0.25, -0.2) is 0 Å². The highest BCUT2D eigenvalue weighted by molar-refractivity contribution is 5.76. The van der Waals surface area contributed by atoms with E-state index in [0.29, 0.717) is 0 Å². The summed E-state index contributed by atoms with van der Waals surface area (Å²) >= 11 is 0. The van der Waals surface area contributed by atoms with Gasteiger partial charge in [-0.2, -0.15) is 0 Å². The van der Waals surface area contributed by atoms with Crippen molar-refractivity contribution in [3.8, 4) is 0 Å². The minimum atomic E-state index is -0.932. The summed E-state index contributed by atoms with van der Waals surface area (Å²) in [6.07, 6.45) is 2.46. The molecule has 0 aromatic rings. The summed E-state index contributed by atoms with van der Waals surface area (Å²) in [4.78, 5) is 10.9. The average Bonchev–Trinajstić information content (AvgIpc) is 1.99. The maximum Gasteiger partial charge on any atom is 0.312 e. The van der Waals surface area contributed by atoms with E-state index < -0.39 is 11.4 Å². The third-order valence-corrected chi connectivity index (χ3v) is 3.03. The van der Waals surface area contributed by atoms with Gasteiger partial charge in [0.2, 0.25) is 0 Å². The second-order valence-electron chi connectivity index (χ2n) is 3.73. The first-order chi connectivity index (χ1) is 5.49. The van der Waals surface area contributed by atoms with Gasteiger partial charge in [0, 0.05) is 12.1 Å². The van der Waals surface area contributed by atoms with E-state index in [9.17, 15) is 4.79 Å². The molecule has 4 heteroatoms. The fraction of sp³-hybridized carbons (Fsp3) is 0.875. The van der Waals surface area contributed by atoms with Gasteiger partial charge in [0.15, 0.2) is 0 Å².